The van der Waals surface area contributed by atoms with Gasteiger partial charge < -0.3 is 9.47 Å². The third-order valence-electron chi connectivity index (χ3n) is 6.26. The number of fused-ring (bicyclic) bond motifs is 1. The van der Waals surface area contributed by atoms with Crippen LogP contribution in [0.3, 0.4) is 0 Å². The highest BCUT2D eigenvalue weighted by Crippen LogP contribution is 2.28. The molecule has 0 aliphatic rings. The van der Waals surface area contributed by atoms with Crippen molar-refractivity contribution in [2.75, 3.05) is 12.9 Å². The number of methoxy groups -OCH3 is 1. The number of amides is 1. The highest BCUT2D eigenvalue weighted by molar-refractivity contribution is 7.99. The number of nitrogens with zero attached hydrogens (tertiary/aromatic N) is 3. The van der Waals surface area contributed by atoms with E-state index in [1.165, 1.54) is 18.0 Å². The van der Waals surface area contributed by atoms with Crippen LogP contribution in [0, 0.1) is 6.92 Å². The number of ether oxygens (including phenoxy) is 2. The largest absolute Gasteiger partial charge is 0.493 e. The number of benzene rings is 4. The van der Waals surface area contributed by atoms with Gasteiger partial charge in [-0.3, -0.25) is 14.2 Å². The van der Waals surface area contributed by atoms with Crippen LogP contribution in [0.25, 0.3) is 16.6 Å². The van der Waals surface area contributed by atoms with E-state index in [1.807, 2.05) is 79.7 Å². The standard InChI is InChI=1S/C32H28N4O4S/c1-22-10-6-9-15-27(22)36-31(38)25-13-7-8-14-26(25)34-32(36)41-21-30(37)35-33-19-24-16-17-28(39-2)29(18-24)40-20-23-11-4-3-5-12-23/h3-19H,20-21H2,1-2H3,(H,35,37)/b33-19+. The summed E-state index contributed by atoms with van der Waals surface area (Å²) in [5.74, 6) is 0.848. The first-order chi connectivity index (χ1) is 20.0. The van der Waals surface area contributed by atoms with Gasteiger partial charge in [-0.25, -0.2) is 10.4 Å². The minimum atomic E-state index is -0.334. The maximum atomic E-state index is 13.4. The molecule has 0 radical (unpaired) electrons. The number of carbonyl (C=O) groups is 1. The number of hydrogen-bond acceptors (Lipinski definition) is 7. The first kappa shape index (κ1) is 27.7. The first-order valence-corrected chi connectivity index (χ1v) is 13.9. The van der Waals surface area contributed by atoms with E-state index >= 15 is 0 Å². The van der Waals surface area contributed by atoms with Crippen molar-refractivity contribution in [3.8, 4) is 17.2 Å². The van der Waals surface area contributed by atoms with Crippen molar-refractivity contribution in [3.05, 3.63) is 124 Å². The van der Waals surface area contributed by atoms with Crippen molar-refractivity contribution in [2.24, 2.45) is 5.10 Å². The van der Waals surface area contributed by atoms with Gasteiger partial charge in [0.15, 0.2) is 16.7 Å². The smallest absolute Gasteiger partial charge is 0.266 e. The molecule has 9 heteroatoms. The molecule has 0 aliphatic heterocycles. The van der Waals surface area contributed by atoms with Crippen LogP contribution in [0.2, 0.25) is 0 Å². The number of aryl methyl sites for hydroxylation is 1. The van der Waals surface area contributed by atoms with Crippen molar-refractivity contribution in [2.45, 2.75) is 18.7 Å². The molecule has 8 nitrogen and oxygen atoms in total. The Morgan fingerprint density at radius 2 is 1.73 bits per heavy atom. The van der Waals surface area contributed by atoms with Crippen LogP contribution in [0.15, 0.2) is 112 Å². The summed E-state index contributed by atoms with van der Waals surface area (Å²) in [5.41, 5.74) is 6.36. The van der Waals surface area contributed by atoms with Crippen LogP contribution < -0.4 is 20.5 Å². The molecule has 5 rings (SSSR count). The lowest BCUT2D eigenvalue weighted by Crippen LogP contribution is -2.24. The average molecular weight is 565 g/mol. The molecule has 0 unspecified atom stereocenters. The Morgan fingerprint density at radius 3 is 2.54 bits per heavy atom. The zero-order valence-corrected chi connectivity index (χ0v) is 23.4. The van der Waals surface area contributed by atoms with Gasteiger partial charge in [0.25, 0.3) is 11.5 Å². The molecule has 5 aromatic rings. The fraction of sp³-hybridized carbons (Fsp3) is 0.125. The van der Waals surface area contributed by atoms with Gasteiger partial charge in [-0.2, -0.15) is 5.10 Å². The number of rotatable bonds is 10. The molecule has 0 atom stereocenters. The first-order valence-electron chi connectivity index (χ1n) is 12.9. The van der Waals surface area contributed by atoms with Gasteiger partial charge >= 0.3 is 0 Å². The summed E-state index contributed by atoms with van der Waals surface area (Å²) in [4.78, 5) is 30.8. The van der Waals surface area contributed by atoms with Gasteiger partial charge in [0.1, 0.15) is 6.61 Å². The van der Waals surface area contributed by atoms with E-state index < -0.39 is 0 Å². The van der Waals surface area contributed by atoms with E-state index in [0.29, 0.717) is 34.2 Å². The number of nitrogens with one attached hydrogen (secondary N) is 1. The quantitative estimate of drug-likeness (QED) is 0.104. The average Bonchev–Trinajstić information content (AvgIpc) is 3.00. The fourth-order valence-corrected chi connectivity index (χ4v) is 5.00. The molecule has 0 spiro atoms. The minimum Gasteiger partial charge on any atom is -0.493 e. The fourth-order valence-electron chi connectivity index (χ4n) is 4.20. The van der Waals surface area contributed by atoms with E-state index in [1.54, 1.807) is 35.9 Å². The summed E-state index contributed by atoms with van der Waals surface area (Å²) in [5, 5.41) is 5.05. The van der Waals surface area contributed by atoms with E-state index in [9.17, 15) is 9.59 Å². The lowest BCUT2D eigenvalue weighted by molar-refractivity contribution is -0.118. The molecule has 41 heavy (non-hydrogen) atoms. The second-order valence-corrected chi connectivity index (χ2v) is 10.0. The second-order valence-electron chi connectivity index (χ2n) is 9.11. The van der Waals surface area contributed by atoms with Gasteiger partial charge in [0.05, 0.1) is 35.7 Å². The molecule has 1 aromatic heterocycles. The Hall–Kier alpha value is -4.89. The topological polar surface area (TPSA) is 94.8 Å². The van der Waals surface area contributed by atoms with E-state index in [4.69, 9.17) is 14.5 Å². The maximum absolute atomic E-state index is 13.4. The molecular formula is C32H28N4O4S. The molecule has 0 aliphatic carbocycles. The number of carbonyl (C=O) groups excluding carboxylic acids is 1. The van der Waals surface area contributed by atoms with Gasteiger partial charge in [-0.15, -0.1) is 0 Å². The number of aromatic nitrogens is 2. The van der Waals surface area contributed by atoms with Crippen molar-refractivity contribution in [1.29, 1.82) is 0 Å². The van der Waals surface area contributed by atoms with Crippen molar-refractivity contribution >= 4 is 34.8 Å². The van der Waals surface area contributed by atoms with E-state index in [0.717, 1.165) is 22.4 Å². The Bertz CT molecular complexity index is 1770. The highest BCUT2D eigenvalue weighted by Gasteiger charge is 2.16. The third-order valence-corrected chi connectivity index (χ3v) is 7.20. The van der Waals surface area contributed by atoms with E-state index in [-0.39, 0.29) is 17.2 Å². The molecule has 0 saturated carbocycles. The Kier molecular flexibility index (Phi) is 8.76. The zero-order chi connectivity index (χ0) is 28.6. The predicted octanol–water partition coefficient (Wildman–Crippen LogP) is 5.52. The van der Waals surface area contributed by atoms with E-state index in [2.05, 4.69) is 10.5 Å². The maximum Gasteiger partial charge on any atom is 0.266 e. The lowest BCUT2D eigenvalue weighted by atomic mass is 10.2. The Balaban J connectivity index is 1.28. The number of thioether (sulfide) groups is 1. The van der Waals surface area contributed by atoms with Crippen LogP contribution in [0.4, 0.5) is 0 Å². The summed E-state index contributed by atoms with van der Waals surface area (Å²) < 4.78 is 12.9. The Morgan fingerprint density at radius 1 is 0.976 bits per heavy atom. The number of hydrazone groups is 1. The number of hydrogen-bond donors (Lipinski definition) is 1. The zero-order valence-electron chi connectivity index (χ0n) is 22.6. The predicted molar refractivity (Wildman–Crippen MR) is 162 cm³/mol. The van der Waals surface area contributed by atoms with Crippen molar-refractivity contribution < 1.29 is 14.3 Å². The molecule has 1 heterocycles. The normalized spacial score (nSPS) is 11.1. The van der Waals surface area contributed by atoms with Crippen LogP contribution >= 0.6 is 11.8 Å². The molecule has 206 valence electrons. The molecule has 0 bridgehead atoms. The van der Waals surface area contributed by atoms with Crippen molar-refractivity contribution in [1.82, 2.24) is 15.0 Å². The minimum absolute atomic E-state index is 0.0159. The Labute approximate surface area is 241 Å². The third kappa shape index (κ3) is 6.64. The summed E-state index contributed by atoms with van der Waals surface area (Å²) in [6.45, 7) is 2.33. The summed E-state index contributed by atoms with van der Waals surface area (Å²) in [6, 6.07) is 30.0. The molecule has 4 aromatic carbocycles. The van der Waals surface area contributed by atoms with Crippen LogP contribution in [-0.2, 0) is 11.4 Å². The van der Waals surface area contributed by atoms with Crippen LogP contribution in [-0.4, -0.2) is 34.5 Å². The molecular weight excluding hydrogens is 536 g/mol. The summed E-state index contributed by atoms with van der Waals surface area (Å²) >= 11 is 1.18. The second kappa shape index (κ2) is 13.0. The molecule has 1 amide bonds. The van der Waals surface area contributed by atoms with Gasteiger partial charge in [-0.1, -0.05) is 72.4 Å². The molecule has 0 fully saturated rings. The van der Waals surface area contributed by atoms with Crippen molar-refractivity contribution in [3.63, 3.8) is 0 Å². The van der Waals surface area contributed by atoms with Gasteiger partial charge in [0, 0.05) is 0 Å². The summed E-state index contributed by atoms with van der Waals surface area (Å²) in [6.07, 6.45) is 1.54. The summed E-state index contributed by atoms with van der Waals surface area (Å²) in [7, 11) is 1.58. The van der Waals surface area contributed by atoms with Gasteiger partial charge in [-0.05, 0) is 60.0 Å². The van der Waals surface area contributed by atoms with Crippen LogP contribution in [0.5, 0.6) is 11.5 Å². The SMILES string of the molecule is COc1ccc(/C=N/NC(=O)CSc2nc3ccccc3c(=O)n2-c2ccccc2C)cc1OCc1ccccc1. The number of para-hydroxylation sites is 2. The molecule has 1 N–H and O–H groups in total. The highest BCUT2D eigenvalue weighted by atomic mass is 32.2. The monoisotopic (exact) mass is 564 g/mol. The lowest BCUT2D eigenvalue weighted by Gasteiger charge is -2.14. The molecule has 0 saturated heterocycles. The van der Waals surface area contributed by atoms with Crippen LogP contribution in [0.1, 0.15) is 16.7 Å². The van der Waals surface area contributed by atoms with Gasteiger partial charge in [0.2, 0.25) is 0 Å².